The Morgan fingerprint density at radius 1 is 1.09 bits per heavy atom. The van der Waals surface area contributed by atoms with Crippen molar-refractivity contribution < 1.29 is 41.0 Å². The van der Waals surface area contributed by atoms with E-state index in [9.17, 15) is 31.9 Å². The zero-order valence-corrected chi connectivity index (χ0v) is 26.7. The molecule has 3 aliphatic rings. The predicted molar refractivity (Wildman–Crippen MR) is 165 cm³/mol. The summed E-state index contributed by atoms with van der Waals surface area (Å²) in [6.45, 7) is 4.43. The Hall–Kier alpha value is -3.20. The third-order valence-electron chi connectivity index (χ3n) is 9.36. The zero-order valence-electron chi connectivity index (χ0n) is 25.8. The molecule has 252 valence electrons. The summed E-state index contributed by atoms with van der Waals surface area (Å²) in [7, 11) is -3.51. The van der Waals surface area contributed by atoms with Gasteiger partial charge >= 0.3 is 6.09 Å². The van der Waals surface area contributed by atoms with Crippen LogP contribution in [0.2, 0.25) is 0 Å². The van der Waals surface area contributed by atoms with E-state index >= 15 is 4.39 Å². The van der Waals surface area contributed by atoms with Gasteiger partial charge in [0, 0.05) is 42.3 Å². The maximum atomic E-state index is 15.4. The molecule has 2 aromatic rings. The van der Waals surface area contributed by atoms with E-state index in [1.807, 2.05) is 13.8 Å². The molecule has 2 aromatic carbocycles. The molecule has 8 atom stereocenters. The molecule has 0 aliphatic carbocycles. The van der Waals surface area contributed by atoms with E-state index in [0.29, 0.717) is 37.9 Å². The molecule has 2 amide bonds. The molecule has 2 unspecified atom stereocenters. The van der Waals surface area contributed by atoms with Gasteiger partial charge in [-0.15, -0.1) is 0 Å². The monoisotopic (exact) mass is 666 g/mol. The van der Waals surface area contributed by atoms with Gasteiger partial charge in [0.2, 0.25) is 15.9 Å². The second-order valence-electron chi connectivity index (χ2n) is 12.7. The van der Waals surface area contributed by atoms with Crippen molar-refractivity contribution in [3.05, 3.63) is 65.0 Å². The number of anilines is 1. The number of halogens is 3. The van der Waals surface area contributed by atoms with Gasteiger partial charge in [-0.1, -0.05) is 12.1 Å². The summed E-state index contributed by atoms with van der Waals surface area (Å²) in [5.74, 6) is -4.56. The number of nitrogens with one attached hydrogen (secondary N) is 3. The second kappa shape index (κ2) is 14.3. The Bertz CT molecular complexity index is 1520. The number of rotatable bonds is 9. The predicted octanol–water partition coefficient (Wildman–Crippen LogP) is 4.36. The summed E-state index contributed by atoms with van der Waals surface area (Å²) >= 11 is 0. The Morgan fingerprint density at radius 3 is 2.46 bits per heavy atom. The highest BCUT2D eigenvalue weighted by molar-refractivity contribution is 7.89. The number of piperazine rings is 1. The van der Waals surface area contributed by atoms with Crippen molar-refractivity contribution >= 4 is 27.7 Å². The highest BCUT2D eigenvalue weighted by Gasteiger charge is 2.41. The number of ether oxygens (including phenoxy) is 1. The number of benzene rings is 2. The van der Waals surface area contributed by atoms with E-state index in [0.717, 1.165) is 12.5 Å². The third-order valence-corrected chi connectivity index (χ3v) is 11.3. The lowest BCUT2D eigenvalue weighted by Crippen LogP contribution is -2.57. The highest BCUT2D eigenvalue weighted by atomic mass is 32.2. The van der Waals surface area contributed by atoms with E-state index in [2.05, 4.69) is 16.0 Å². The maximum absolute atomic E-state index is 15.4. The molecule has 0 spiro atoms. The van der Waals surface area contributed by atoms with Crippen LogP contribution in [-0.4, -0.2) is 79.0 Å². The van der Waals surface area contributed by atoms with Crippen LogP contribution in [0.5, 0.6) is 0 Å². The molecule has 0 aromatic heterocycles. The largest absolute Gasteiger partial charge is 0.465 e. The lowest BCUT2D eigenvalue weighted by Gasteiger charge is -2.40. The number of sulfonamides is 1. The van der Waals surface area contributed by atoms with Crippen LogP contribution in [0.4, 0.5) is 23.7 Å². The minimum atomic E-state index is -3.51. The van der Waals surface area contributed by atoms with E-state index < -0.39 is 57.5 Å². The van der Waals surface area contributed by atoms with Crippen molar-refractivity contribution in [2.75, 3.05) is 24.2 Å². The summed E-state index contributed by atoms with van der Waals surface area (Å²) in [5, 5.41) is 18.1. The average Bonchev–Trinajstić information content (AvgIpc) is 3.10. The van der Waals surface area contributed by atoms with Crippen LogP contribution >= 0.6 is 0 Å². The summed E-state index contributed by atoms with van der Waals surface area (Å²) in [6, 6.07) is 5.75. The van der Waals surface area contributed by atoms with E-state index in [1.165, 1.54) is 34.6 Å². The first kappa shape index (κ1) is 34.1. The van der Waals surface area contributed by atoms with Gasteiger partial charge in [-0.3, -0.25) is 4.79 Å². The van der Waals surface area contributed by atoms with Gasteiger partial charge in [0.1, 0.15) is 11.9 Å². The number of amides is 2. The molecule has 0 radical (unpaired) electrons. The van der Waals surface area contributed by atoms with Gasteiger partial charge in [-0.05, 0) is 88.1 Å². The first-order valence-electron chi connectivity index (χ1n) is 15.7. The van der Waals surface area contributed by atoms with Crippen molar-refractivity contribution in [3.8, 4) is 0 Å². The topological polar surface area (TPSA) is 137 Å². The minimum Gasteiger partial charge on any atom is -0.465 e. The molecule has 10 nitrogen and oxygen atoms in total. The van der Waals surface area contributed by atoms with Crippen LogP contribution in [0.15, 0.2) is 36.4 Å². The maximum Gasteiger partial charge on any atom is 0.405 e. The molecular formula is C32H41F3N4O6S. The fourth-order valence-corrected chi connectivity index (χ4v) is 9.15. The van der Waals surface area contributed by atoms with Gasteiger partial charge < -0.3 is 25.8 Å². The van der Waals surface area contributed by atoms with Crippen LogP contribution in [-0.2, 0) is 26.0 Å². The Kier molecular flexibility index (Phi) is 10.6. The Morgan fingerprint density at radius 2 is 1.78 bits per heavy atom. The standard InChI is InChI=1S/C32H41F3N4O6S/c1-18-14-21(15-19(2)45-18)28(20-5-7-22(33)8-6-20)30(38-32(41)42)31(40)37-27-12-11-26(34)29(35)25(27)10-9-24-16-36-23-4-3-13-46(43,44)39(24)17-23/h5-8,11-12,18-19,21,23-24,28,30,36,38H,3-4,9-10,13-17H2,1-2H3,(H,37,40)(H,41,42)/t18-,19+,21?,23-,24+,28+,30+/m1/s1. The summed E-state index contributed by atoms with van der Waals surface area (Å²) in [4.78, 5) is 26.0. The molecule has 3 heterocycles. The van der Waals surface area contributed by atoms with Crippen LogP contribution < -0.4 is 16.0 Å². The van der Waals surface area contributed by atoms with Crippen LogP contribution in [0.25, 0.3) is 0 Å². The van der Waals surface area contributed by atoms with E-state index in [4.69, 9.17) is 4.74 Å². The van der Waals surface area contributed by atoms with E-state index in [-0.39, 0.29) is 54.0 Å². The molecule has 2 bridgehead atoms. The number of carbonyl (C=O) groups is 2. The Balaban J connectivity index is 1.43. The van der Waals surface area contributed by atoms with Gasteiger partial charge in [-0.2, -0.15) is 4.31 Å². The fourth-order valence-electron chi connectivity index (χ4n) is 7.34. The number of nitrogens with zero attached hydrogens (tertiary/aromatic N) is 1. The van der Waals surface area contributed by atoms with Crippen molar-refractivity contribution in [2.45, 2.75) is 88.6 Å². The fraction of sp³-hybridized carbons (Fsp3) is 0.562. The lowest BCUT2D eigenvalue weighted by molar-refractivity contribution is -0.120. The number of hydrogen-bond acceptors (Lipinski definition) is 6. The smallest absolute Gasteiger partial charge is 0.405 e. The molecule has 3 fully saturated rings. The minimum absolute atomic E-state index is 0.0230. The van der Waals surface area contributed by atoms with Gasteiger partial charge in [-0.25, -0.2) is 26.4 Å². The summed E-state index contributed by atoms with van der Waals surface area (Å²) in [6.07, 6.45) is 0.521. The van der Waals surface area contributed by atoms with Crippen LogP contribution in [0.3, 0.4) is 0 Å². The normalized spacial score (nSPS) is 28.8. The molecule has 3 saturated heterocycles. The van der Waals surface area contributed by atoms with Crippen molar-refractivity contribution in [2.24, 2.45) is 5.92 Å². The Labute approximate surface area is 267 Å². The quantitative estimate of drug-likeness (QED) is 0.312. The summed E-state index contributed by atoms with van der Waals surface area (Å²) < 4.78 is 77.0. The first-order valence-corrected chi connectivity index (χ1v) is 17.3. The van der Waals surface area contributed by atoms with Crippen LogP contribution in [0.1, 0.15) is 63.0 Å². The molecule has 3 aliphatic heterocycles. The molecule has 5 rings (SSSR count). The third kappa shape index (κ3) is 7.84. The number of hydrogen-bond donors (Lipinski definition) is 4. The number of carbonyl (C=O) groups excluding carboxylic acids is 1. The number of carboxylic acid groups (broad SMARTS) is 1. The van der Waals surface area contributed by atoms with Gasteiger partial charge in [0.05, 0.1) is 18.0 Å². The van der Waals surface area contributed by atoms with Gasteiger partial charge in [0.25, 0.3) is 0 Å². The van der Waals surface area contributed by atoms with Crippen molar-refractivity contribution in [3.63, 3.8) is 0 Å². The molecule has 14 heteroatoms. The number of fused-ring (bicyclic) bond motifs is 2. The van der Waals surface area contributed by atoms with Crippen molar-refractivity contribution in [1.29, 1.82) is 0 Å². The first-order chi connectivity index (χ1) is 21.8. The molecular weight excluding hydrogens is 625 g/mol. The molecule has 46 heavy (non-hydrogen) atoms. The lowest BCUT2D eigenvalue weighted by atomic mass is 9.74. The highest BCUT2D eigenvalue weighted by Crippen LogP contribution is 2.39. The molecule has 4 N–H and O–H groups in total. The van der Waals surface area contributed by atoms with Gasteiger partial charge in [0.15, 0.2) is 11.6 Å². The van der Waals surface area contributed by atoms with Crippen molar-refractivity contribution in [1.82, 2.24) is 14.9 Å². The SMILES string of the molecule is C[C@@H]1CC([C@H](c2ccc(F)cc2)[C@H](NC(=O)O)C(=O)Nc2ccc(F)c(F)c2CC[C@H]2CN[C@@H]3CCCS(=O)(=O)N2C3)C[C@H](C)O1. The molecule has 0 saturated carbocycles. The average molecular weight is 667 g/mol. The summed E-state index contributed by atoms with van der Waals surface area (Å²) in [5.41, 5.74) is 0.338. The second-order valence-corrected chi connectivity index (χ2v) is 14.7. The van der Waals surface area contributed by atoms with E-state index in [1.54, 1.807) is 0 Å². The van der Waals surface area contributed by atoms with Crippen LogP contribution in [0, 0.1) is 23.4 Å². The zero-order chi connectivity index (χ0) is 33.2.